The number of rotatable bonds is 0. The van der Waals surface area contributed by atoms with E-state index in [0.29, 0.717) is 6.61 Å². The molecule has 2 aliphatic rings. The van der Waals surface area contributed by atoms with Crippen LogP contribution in [0.5, 0.6) is 0 Å². The molecule has 0 aliphatic carbocycles. The van der Waals surface area contributed by atoms with E-state index in [-0.39, 0.29) is 11.6 Å². The molecule has 3 heteroatoms. The summed E-state index contributed by atoms with van der Waals surface area (Å²) in [6.07, 6.45) is 0.721. The normalized spacial score (nSPS) is 42.0. The number of cyclic esters (lactones) is 1. The molecule has 1 atom stereocenters. The second kappa shape index (κ2) is 1.37. The Morgan fingerprint density at radius 2 is 2.10 bits per heavy atom. The minimum atomic E-state index is -0.562. The fraction of sp³-hybridized carbons (Fsp3) is 0.857. The molecule has 2 aliphatic heterocycles. The molecular weight excluding hydrogens is 132 g/mol. The molecule has 3 nitrogen and oxygen atoms in total. The van der Waals surface area contributed by atoms with E-state index < -0.39 is 5.60 Å². The minimum absolute atomic E-state index is 0.183. The van der Waals surface area contributed by atoms with Gasteiger partial charge in [-0.1, -0.05) is 0 Å². The van der Waals surface area contributed by atoms with Gasteiger partial charge in [-0.2, -0.15) is 0 Å². The quantitative estimate of drug-likeness (QED) is 0.365. The highest BCUT2D eigenvalue weighted by molar-refractivity contribution is 5.86. The van der Waals surface area contributed by atoms with Crippen LogP contribution in [-0.2, 0) is 14.3 Å². The molecule has 1 spiro atoms. The van der Waals surface area contributed by atoms with E-state index in [1.807, 2.05) is 13.8 Å². The van der Waals surface area contributed by atoms with Crippen LogP contribution in [0.25, 0.3) is 0 Å². The average molecular weight is 142 g/mol. The fourth-order valence-corrected chi connectivity index (χ4v) is 1.56. The van der Waals surface area contributed by atoms with Crippen molar-refractivity contribution in [1.29, 1.82) is 0 Å². The minimum Gasteiger partial charge on any atom is -0.463 e. The summed E-state index contributed by atoms with van der Waals surface area (Å²) in [5, 5.41) is 0. The summed E-state index contributed by atoms with van der Waals surface area (Å²) in [5.41, 5.74) is -0.840. The highest BCUT2D eigenvalue weighted by atomic mass is 16.7. The summed E-state index contributed by atoms with van der Waals surface area (Å²) < 4.78 is 10.1. The molecule has 0 N–H and O–H groups in total. The molecule has 0 aromatic carbocycles. The number of carbonyl (C=O) groups excluding carboxylic acids is 1. The zero-order valence-corrected chi connectivity index (χ0v) is 6.14. The van der Waals surface area contributed by atoms with E-state index in [9.17, 15) is 4.79 Å². The molecule has 56 valence electrons. The molecule has 2 heterocycles. The first kappa shape index (κ1) is 6.16. The van der Waals surface area contributed by atoms with Gasteiger partial charge in [0.05, 0.1) is 6.61 Å². The zero-order valence-electron chi connectivity index (χ0n) is 6.14. The second-order valence-corrected chi connectivity index (χ2v) is 3.33. The fourth-order valence-electron chi connectivity index (χ4n) is 1.56. The van der Waals surface area contributed by atoms with E-state index in [1.54, 1.807) is 0 Å². The summed E-state index contributed by atoms with van der Waals surface area (Å²) in [7, 11) is 0. The predicted octanol–water partition coefficient (Wildman–Crippen LogP) is 0.481. The van der Waals surface area contributed by atoms with E-state index in [4.69, 9.17) is 9.47 Å². The topological polar surface area (TPSA) is 38.8 Å². The molecule has 2 fully saturated rings. The third kappa shape index (κ3) is 0.475. The molecule has 10 heavy (non-hydrogen) atoms. The van der Waals surface area contributed by atoms with E-state index in [1.165, 1.54) is 0 Å². The molecule has 0 saturated carbocycles. The predicted molar refractivity (Wildman–Crippen MR) is 33.5 cm³/mol. The summed E-state index contributed by atoms with van der Waals surface area (Å²) in [6.45, 7) is 4.35. The van der Waals surface area contributed by atoms with Crippen LogP contribution in [0, 0.1) is 0 Å². The van der Waals surface area contributed by atoms with Gasteiger partial charge in [0.15, 0.2) is 5.60 Å². The van der Waals surface area contributed by atoms with Crippen molar-refractivity contribution in [2.45, 2.75) is 31.5 Å². The third-order valence-corrected chi connectivity index (χ3v) is 2.38. The van der Waals surface area contributed by atoms with Gasteiger partial charge in [-0.05, 0) is 13.8 Å². The van der Waals surface area contributed by atoms with Crippen LogP contribution in [0.1, 0.15) is 20.3 Å². The summed E-state index contributed by atoms with van der Waals surface area (Å²) in [4.78, 5) is 11.0. The SMILES string of the molecule is CC1(C)O[C@@]12CCOC2=O. The maximum atomic E-state index is 11.0. The monoisotopic (exact) mass is 142 g/mol. The van der Waals surface area contributed by atoms with Gasteiger partial charge < -0.3 is 9.47 Å². The van der Waals surface area contributed by atoms with Crippen molar-refractivity contribution in [2.75, 3.05) is 6.61 Å². The molecule has 0 radical (unpaired) electrons. The van der Waals surface area contributed by atoms with E-state index >= 15 is 0 Å². The van der Waals surface area contributed by atoms with Crippen LogP contribution in [0.2, 0.25) is 0 Å². The van der Waals surface area contributed by atoms with Gasteiger partial charge in [0.2, 0.25) is 0 Å². The van der Waals surface area contributed by atoms with Crippen molar-refractivity contribution in [3.63, 3.8) is 0 Å². The Morgan fingerprint density at radius 1 is 1.50 bits per heavy atom. The lowest BCUT2D eigenvalue weighted by Crippen LogP contribution is -2.25. The standard InChI is InChI=1S/C7H10O3/c1-6(2)7(10-6)3-4-9-5(7)8/h3-4H2,1-2H3/t7-/m1/s1. The van der Waals surface area contributed by atoms with Gasteiger partial charge in [0.25, 0.3) is 0 Å². The van der Waals surface area contributed by atoms with E-state index in [2.05, 4.69) is 0 Å². The van der Waals surface area contributed by atoms with Crippen LogP contribution >= 0.6 is 0 Å². The van der Waals surface area contributed by atoms with Crippen molar-refractivity contribution in [1.82, 2.24) is 0 Å². The number of carbonyl (C=O) groups is 1. The molecule has 0 amide bonds. The van der Waals surface area contributed by atoms with Crippen LogP contribution in [0.4, 0.5) is 0 Å². The Hall–Kier alpha value is -0.570. The number of esters is 1. The van der Waals surface area contributed by atoms with Gasteiger partial charge in [0.1, 0.15) is 5.60 Å². The van der Waals surface area contributed by atoms with Crippen molar-refractivity contribution >= 4 is 5.97 Å². The molecule has 0 aromatic rings. The van der Waals surface area contributed by atoms with Gasteiger partial charge in [0, 0.05) is 6.42 Å². The van der Waals surface area contributed by atoms with Gasteiger partial charge in [-0.25, -0.2) is 4.79 Å². The first-order valence-electron chi connectivity index (χ1n) is 3.46. The first-order chi connectivity index (χ1) is 4.58. The van der Waals surface area contributed by atoms with Crippen LogP contribution in [-0.4, -0.2) is 23.8 Å². The number of hydrogen-bond donors (Lipinski definition) is 0. The Morgan fingerprint density at radius 3 is 2.30 bits per heavy atom. The molecule has 0 aromatic heterocycles. The maximum Gasteiger partial charge on any atom is 0.341 e. The maximum absolute atomic E-state index is 11.0. The lowest BCUT2D eigenvalue weighted by atomic mass is 9.95. The van der Waals surface area contributed by atoms with Crippen molar-refractivity contribution in [2.24, 2.45) is 0 Å². The Bertz CT molecular complexity index is 193. The average Bonchev–Trinajstić information content (AvgIpc) is 2.12. The van der Waals surface area contributed by atoms with Gasteiger partial charge in [-0.3, -0.25) is 0 Å². The Kier molecular flexibility index (Phi) is 0.844. The zero-order chi connectivity index (χ0) is 7.41. The van der Waals surface area contributed by atoms with Crippen LogP contribution in [0.15, 0.2) is 0 Å². The van der Waals surface area contributed by atoms with Gasteiger partial charge in [-0.15, -0.1) is 0 Å². The lowest BCUT2D eigenvalue weighted by Gasteiger charge is -1.98. The summed E-state index contributed by atoms with van der Waals surface area (Å²) in [5.74, 6) is -0.183. The third-order valence-electron chi connectivity index (χ3n) is 2.38. The van der Waals surface area contributed by atoms with Crippen LogP contribution in [0.3, 0.4) is 0 Å². The number of ether oxygens (including phenoxy) is 2. The molecule has 0 bridgehead atoms. The Labute approximate surface area is 59.3 Å². The molecule has 0 unspecified atom stereocenters. The highest BCUT2D eigenvalue weighted by Crippen LogP contribution is 2.53. The molecule has 2 rings (SSSR count). The molecular formula is C7H10O3. The lowest BCUT2D eigenvalue weighted by molar-refractivity contribution is -0.142. The highest BCUT2D eigenvalue weighted by Gasteiger charge is 2.72. The van der Waals surface area contributed by atoms with Gasteiger partial charge >= 0.3 is 5.97 Å². The number of epoxide rings is 1. The largest absolute Gasteiger partial charge is 0.463 e. The van der Waals surface area contributed by atoms with Crippen molar-refractivity contribution < 1.29 is 14.3 Å². The summed E-state index contributed by atoms with van der Waals surface area (Å²) in [6, 6.07) is 0. The van der Waals surface area contributed by atoms with Crippen LogP contribution < -0.4 is 0 Å². The smallest absolute Gasteiger partial charge is 0.341 e. The Balaban J connectivity index is 2.27. The van der Waals surface area contributed by atoms with Crippen molar-refractivity contribution in [3.05, 3.63) is 0 Å². The molecule has 2 saturated heterocycles. The summed E-state index contributed by atoms with van der Waals surface area (Å²) >= 11 is 0. The van der Waals surface area contributed by atoms with E-state index in [0.717, 1.165) is 6.42 Å². The van der Waals surface area contributed by atoms with Crippen molar-refractivity contribution in [3.8, 4) is 0 Å². The first-order valence-corrected chi connectivity index (χ1v) is 3.46. The second-order valence-electron chi connectivity index (χ2n) is 3.33. The number of hydrogen-bond acceptors (Lipinski definition) is 3.